The molecule has 0 bridgehead atoms. The summed E-state index contributed by atoms with van der Waals surface area (Å²) in [6, 6.07) is 17.3. The first kappa shape index (κ1) is 19.3. The first-order chi connectivity index (χ1) is 14.8. The zero-order valence-electron chi connectivity index (χ0n) is 16.4. The third kappa shape index (κ3) is 5.05. The molecule has 0 fully saturated rings. The van der Waals surface area contributed by atoms with Gasteiger partial charge >= 0.3 is 0 Å². The van der Waals surface area contributed by atoms with Gasteiger partial charge in [-0.05, 0) is 42.8 Å². The number of aryl methyl sites for hydroxylation is 1. The molecule has 0 aliphatic rings. The van der Waals surface area contributed by atoms with Crippen LogP contribution in [0.2, 0.25) is 0 Å². The number of hydrogen-bond acceptors (Lipinski definition) is 7. The molecule has 8 nitrogen and oxygen atoms in total. The Morgan fingerprint density at radius 1 is 0.933 bits per heavy atom. The highest BCUT2D eigenvalue weighted by Crippen LogP contribution is 2.28. The molecule has 0 amide bonds. The average Bonchev–Trinajstić information content (AvgIpc) is 3.29. The Kier molecular flexibility index (Phi) is 6.05. The van der Waals surface area contributed by atoms with Crippen molar-refractivity contribution in [1.82, 2.24) is 19.5 Å². The Morgan fingerprint density at radius 2 is 1.70 bits per heavy atom. The second kappa shape index (κ2) is 9.42. The van der Waals surface area contributed by atoms with E-state index in [0.717, 1.165) is 36.7 Å². The van der Waals surface area contributed by atoms with Crippen molar-refractivity contribution in [3.8, 4) is 11.5 Å². The standard InChI is InChI=1S/C22H23N7O/c23-20-21(25-11-4-13-29-14-12-24-16-29)26-15-27-22(20)28-17-7-9-19(10-8-17)30-18-5-2-1-3-6-18/h1-3,5-10,12,14-16H,4,11,13,23H2,(H2,25,26,27,28). The molecule has 0 spiro atoms. The molecule has 0 saturated carbocycles. The van der Waals surface area contributed by atoms with Gasteiger partial charge in [-0.3, -0.25) is 0 Å². The number of nitrogens with zero attached hydrogens (tertiary/aromatic N) is 4. The summed E-state index contributed by atoms with van der Waals surface area (Å²) in [7, 11) is 0. The lowest BCUT2D eigenvalue weighted by atomic mass is 10.3. The van der Waals surface area contributed by atoms with Gasteiger partial charge in [-0.25, -0.2) is 15.0 Å². The van der Waals surface area contributed by atoms with Crippen LogP contribution < -0.4 is 21.1 Å². The van der Waals surface area contributed by atoms with E-state index in [4.69, 9.17) is 10.5 Å². The third-order valence-corrected chi connectivity index (χ3v) is 4.42. The molecule has 8 heteroatoms. The van der Waals surface area contributed by atoms with Gasteiger partial charge in [-0.15, -0.1) is 0 Å². The predicted octanol–water partition coefficient (Wildman–Crippen LogP) is 4.29. The maximum atomic E-state index is 6.25. The topological polar surface area (TPSA) is 103 Å². The maximum Gasteiger partial charge on any atom is 0.159 e. The number of nitrogens with two attached hydrogens (primary N) is 1. The van der Waals surface area contributed by atoms with E-state index in [2.05, 4.69) is 25.6 Å². The lowest BCUT2D eigenvalue weighted by Gasteiger charge is -2.13. The number of rotatable bonds is 9. The third-order valence-electron chi connectivity index (χ3n) is 4.42. The number of nitrogen functional groups attached to an aromatic ring is 1. The first-order valence-electron chi connectivity index (χ1n) is 9.68. The summed E-state index contributed by atoms with van der Waals surface area (Å²) in [5.41, 5.74) is 7.58. The van der Waals surface area contributed by atoms with Crippen LogP contribution in [0.1, 0.15) is 6.42 Å². The molecule has 2 heterocycles. The summed E-state index contributed by atoms with van der Waals surface area (Å²) < 4.78 is 7.85. The van der Waals surface area contributed by atoms with E-state index < -0.39 is 0 Å². The fraction of sp³-hybridized carbons (Fsp3) is 0.136. The molecule has 4 rings (SSSR count). The second-order valence-corrected chi connectivity index (χ2v) is 6.63. The Hall–Kier alpha value is -4.07. The van der Waals surface area contributed by atoms with E-state index in [0.29, 0.717) is 17.3 Å². The minimum absolute atomic E-state index is 0.477. The molecule has 0 saturated heterocycles. The molecule has 2 aromatic carbocycles. The van der Waals surface area contributed by atoms with Gasteiger partial charge in [-0.2, -0.15) is 0 Å². The lowest BCUT2D eigenvalue weighted by Crippen LogP contribution is -2.10. The molecule has 4 N–H and O–H groups in total. The van der Waals surface area contributed by atoms with E-state index in [9.17, 15) is 0 Å². The molecule has 0 aliphatic carbocycles. The molecule has 30 heavy (non-hydrogen) atoms. The highest BCUT2D eigenvalue weighted by Gasteiger charge is 2.08. The Morgan fingerprint density at radius 3 is 2.47 bits per heavy atom. The molecular formula is C22H23N7O. The normalized spacial score (nSPS) is 10.5. The maximum absolute atomic E-state index is 6.25. The van der Waals surface area contributed by atoms with Crippen molar-refractivity contribution in [2.24, 2.45) is 0 Å². The van der Waals surface area contributed by atoms with E-state index in [1.54, 1.807) is 12.5 Å². The van der Waals surface area contributed by atoms with Gasteiger partial charge in [-0.1, -0.05) is 18.2 Å². The summed E-state index contributed by atoms with van der Waals surface area (Å²) in [6.07, 6.45) is 7.93. The number of benzene rings is 2. The van der Waals surface area contributed by atoms with Gasteiger partial charge in [0.1, 0.15) is 23.5 Å². The second-order valence-electron chi connectivity index (χ2n) is 6.63. The number of hydrogen-bond donors (Lipinski definition) is 3. The largest absolute Gasteiger partial charge is 0.457 e. The summed E-state index contributed by atoms with van der Waals surface area (Å²) in [5.74, 6) is 2.71. The molecule has 0 aliphatic heterocycles. The van der Waals surface area contributed by atoms with Crippen LogP contribution in [0, 0.1) is 0 Å². The smallest absolute Gasteiger partial charge is 0.159 e. The summed E-state index contributed by atoms with van der Waals surface area (Å²) >= 11 is 0. The van der Waals surface area contributed by atoms with Crippen LogP contribution in [-0.4, -0.2) is 26.1 Å². The van der Waals surface area contributed by atoms with Crippen molar-refractivity contribution in [2.45, 2.75) is 13.0 Å². The van der Waals surface area contributed by atoms with Crippen LogP contribution in [0.15, 0.2) is 79.6 Å². The Labute approximate surface area is 174 Å². The van der Waals surface area contributed by atoms with Gasteiger partial charge in [0.15, 0.2) is 11.6 Å². The van der Waals surface area contributed by atoms with Crippen LogP contribution in [-0.2, 0) is 6.54 Å². The zero-order chi connectivity index (χ0) is 20.6. The average molecular weight is 401 g/mol. The van der Waals surface area contributed by atoms with Crippen molar-refractivity contribution >= 4 is 23.0 Å². The minimum Gasteiger partial charge on any atom is -0.457 e. The van der Waals surface area contributed by atoms with Gasteiger partial charge in [0.05, 0.1) is 6.33 Å². The highest BCUT2D eigenvalue weighted by atomic mass is 16.5. The molecule has 0 atom stereocenters. The highest BCUT2D eigenvalue weighted by molar-refractivity contribution is 5.77. The SMILES string of the molecule is Nc1c(NCCCn2ccnc2)ncnc1Nc1ccc(Oc2ccccc2)cc1. The van der Waals surface area contributed by atoms with Crippen LogP contribution in [0.25, 0.3) is 0 Å². The number of imidazole rings is 1. The molecule has 0 unspecified atom stereocenters. The van der Waals surface area contributed by atoms with E-state index >= 15 is 0 Å². The van der Waals surface area contributed by atoms with E-state index in [1.165, 1.54) is 6.33 Å². The van der Waals surface area contributed by atoms with E-state index in [1.807, 2.05) is 65.4 Å². The monoisotopic (exact) mass is 401 g/mol. The van der Waals surface area contributed by atoms with Crippen molar-refractivity contribution in [1.29, 1.82) is 0 Å². The van der Waals surface area contributed by atoms with Crippen molar-refractivity contribution < 1.29 is 4.74 Å². The lowest BCUT2D eigenvalue weighted by molar-refractivity contribution is 0.483. The number of para-hydroxylation sites is 1. The molecule has 152 valence electrons. The number of nitrogens with one attached hydrogen (secondary N) is 2. The van der Waals surface area contributed by atoms with Crippen LogP contribution >= 0.6 is 0 Å². The summed E-state index contributed by atoms with van der Waals surface area (Å²) in [5, 5.41) is 6.50. The van der Waals surface area contributed by atoms with Gasteiger partial charge in [0.25, 0.3) is 0 Å². The number of anilines is 4. The quantitative estimate of drug-likeness (QED) is 0.359. The zero-order valence-corrected chi connectivity index (χ0v) is 16.4. The first-order valence-corrected chi connectivity index (χ1v) is 9.68. The molecule has 0 radical (unpaired) electrons. The minimum atomic E-state index is 0.477. The molecular weight excluding hydrogens is 378 g/mol. The Bertz CT molecular complexity index is 1050. The van der Waals surface area contributed by atoms with Crippen LogP contribution in [0.5, 0.6) is 11.5 Å². The van der Waals surface area contributed by atoms with Crippen molar-refractivity contribution in [3.05, 3.63) is 79.6 Å². The fourth-order valence-electron chi connectivity index (χ4n) is 2.89. The molecule has 4 aromatic rings. The van der Waals surface area contributed by atoms with Gasteiger partial charge < -0.3 is 25.7 Å². The number of ether oxygens (including phenoxy) is 1. The van der Waals surface area contributed by atoms with Crippen LogP contribution in [0.3, 0.4) is 0 Å². The van der Waals surface area contributed by atoms with Crippen LogP contribution in [0.4, 0.5) is 23.0 Å². The predicted molar refractivity (Wildman–Crippen MR) is 118 cm³/mol. The van der Waals surface area contributed by atoms with Gasteiger partial charge in [0.2, 0.25) is 0 Å². The Balaban J connectivity index is 1.34. The van der Waals surface area contributed by atoms with E-state index in [-0.39, 0.29) is 0 Å². The van der Waals surface area contributed by atoms with Crippen molar-refractivity contribution in [3.63, 3.8) is 0 Å². The van der Waals surface area contributed by atoms with Crippen molar-refractivity contribution in [2.75, 3.05) is 22.9 Å². The fourth-order valence-corrected chi connectivity index (χ4v) is 2.89. The summed E-state index contributed by atoms with van der Waals surface area (Å²) in [6.45, 7) is 1.62. The van der Waals surface area contributed by atoms with Gasteiger partial charge in [0, 0.05) is 31.2 Å². The summed E-state index contributed by atoms with van der Waals surface area (Å²) in [4.78, 5) is 12.5. The molecule has 2 aromatic heterocycles. The number of aromatic nitrogens is 4.